The molecule has 1 aliphatic heterocycles. The summed E-state index contributed by atoms with van der Waals surface area (Å²) in [5.74, 6) is 0.889. The van der Waals surface area contributed by atoms with Gasteiger partial charge in [0.15, 0.2) is 0 Å². The van der Waals surface area contributed by atoms with Crippen molar-refractivity contribution in [1.29, 1.82) is 0 Å². The maximum absolute atomic E-state index is 4.48. The molecule has 1 atom stereocenters. The number of aryl methyl sites for hydroxylation is 1. The van der Waals surface area contributed by atoms with Crippen LogP contribution in [0, 0.1) is 6.92 Å². The molecule has 2 rings (SSSR count). The number of nitrogens with one attached hydrogen (secondary N) is 1. The second-order valence-electron chi connectivity index (χ2n) is 4.36. The molecule has 1 aromatic heterocycles. The van der Waals surface area contributed by atoms with Gasteiger partial charge in [0, 0.05) is 30.7 Å². The molecule has 1 aliphatic rings. The van der Waals surface area contributed by atoms with Crippen LogP contribution in [0.3, 0.4) is 0 Å². The van der Waals surface area contributed by atoms with E-state index in [0.29, 0.717) is 6.04 Å². The standard InChI is InChI=1S/C11H20N4S/c1-3-7-15(8-10-5-4-6-12-10)11-13-9(2)14-16-11/h10,12H,3-8H2,1-2H3. The summed E-state index contributed by atoms with van der Waals surface area (Å²) >= 11 is 1.52. The van der Waals surface area contributed by atoms with Gasteiger partial charge in [0.25, 0.3) is 0 Å². The lowest BCUT2D eigenvalue weighted by molar-refractivity contribution is 0.577. The Hall–Kier alpha value is -0.680. The third-order valence-electron chi connectivity index (χ3n) is 2.88. The van der Waals surface area contributed by atoms with Gasteiger partial charge >= 0.3 is 0 Å². The summed E-state index contributed by atoms with van der Waals surface area (Å²) in [4.78, 5) is 6.85. The fourth-order valence-corrected chi connectivity index (χ4v) is 2.84. The molecule has 5 heteroatoms. The Balaban J connectivity index is 1.98. The van der Waals surface area contributed by atoms with Crippen LogP contribution >= 0.6 is 11.5 Å². The van der Waals surface area contributed by atoms with Crippen LogP contribution in [0.2, 0.25) is 0 Å². The minimum absolute atomic E-state index is 0.635. The molecular formula is C11H20N4S. The van der Waals surface area contributed by atoms with Crippen molar-refractivity contribution in [2.45, 2.75) is 39.2 Å². The van der Waals surface area contributed by atoms with Gasteiger partial charge in [-0.1, -0.05) is 6.92 Å². The average Bonchev–Trinajstić information content (AvgIpc) is 2.88. The van der Waals surface area contributed by atoms with Crippen molar-refractivity contribution in [3.8, 4) is 0 Å². The third-order valence-corrected chi connectivity index (χ3v) is 3.75. The van der Waals surface area contributed by atoms with E-state index in [4.69, 9.17) is 0 Å². The van der Waals surface area contributed by atoms with Gasteiger partial charge in [-0.3, -0.25) is 0 Å². The lowest BCUT2D eigenvalue weighted by Crippen LogP contribution is -2.38. The molecule has 90 valence electrons. The Morgan fingerprint density at radius 2 is 2.44 bits per heavy atom. The van der Waals surface area contributed by atoms with Gasteiger partial charge in [-0.15, -0.1) is 0 Å². The summed E-state index contributed by atoms with van der Waals surface area (Å²) < 4.78 is 4.26. The van der Waals surface area contributed by atoms with Gasteiger partial charge in [-0.2, -0.15) is 4.37 Å². The van der Waals surface area contributed by atoms with Crippen molar-refractivity contribution < 1.29 is 0 Å². The normalized spacial score (nSPS) is 20.2. The number of aromatic nitrogens is 2. The predicted octanol–water partition coefficient (Wildman–Crippen LogP) is 1.81. The smallest absolute Gasteiger partial charge is 0.205 e. The van der Waals surface area contributed by atoms with Crippen LogP contribution in [0.1, 0.15) is 32.0 Å². The van der Waals surface area contributed by atoms with E-state index in [-0.39, 0.29) is 0 Å². The summed E-state index contributed by atoms with van der Waals surface area (Å²) in [6, 6.07) is 0.635. The molecule has 0 bridgehead atoms. The molecule has 4 nitrogen and oxygen atoms in total. The molecular weight excluding hydrogens is 220 g/mol. The maximum atomic E-state index is 4.48. The van der Waals surface area contributed by atoms with Gasteiger partial charge < -0.3 is 10.2 Å². The van der Waals surface area contributed by atoms with E-state index in [1.165, 1.54) is 30.9 Å². The highest BCUT2D eigenvalue weighted by Crippen LogP contribution is 2.19. The largest absolute Gasteiger partial charge is 0.345 e. The third kappa shape index (κ3) is 2.92. The van der Waals surface area contributed by atoms with E-state index in [1.54, 1.807) is 0 Å². The van der Waals surface area contributed by atoms with Crippen LogP contribution in [-0.2, 0) is 0 Å². The Kier molecular flexibility index (Phi) is 4.12. The Morgan fingerprint density at radius 3 is 3.00 bits per heavy atom. The summed E-state index contributed by atoms with van der Waals surface area (Å²) in [5, 5.41) is 4.61. The molecule has 1 N–H and O–H groups in total. The van der Waals surface area contributed by atoms with Crippen LogP contribution in [0.5, 0.6) is 0 Å². The van der Waals surface area contributed by atoms with Gasteiger partial charge in [-0.05, 0) is 32.7 Å². The van der Waals surface area contributed by atoms with Crippen LogP contribution in [-0.4, -0.2) is 35.0 Å². The first-order valence-corrected chi connectivity index (χ1v) is 6.85. The number of hydrogen-bond acceptors (Lipinski definition) is 5. The second kappa shape index (κ2) is 5.59. The molecule has 0 aliphatic carbocycles. The molecule has 0 spiro atoms. The Labute approximate surface area is 101 Å². The first-order chi connectivity index (χ1) is 7.79. The van der Waals surface area contributed by atoms with Gasteiger partial charge in [-0.25, -0.2) is 4.98 Å². The SMILES string of the molecule is CCCN(CC1CCCN1)c1nc(C)ns1. The summed E-state index contributed by atoms with van der Waals surface area (Å²) in [7, 11) is 0. The molecule has 1 fully saturated rings. The highest BCUT2D eigenvalue weighted by Gasteiger charge is 2.19. The minimum atomic E-state index is 0.635. The van der Waals surface area contributed by atoms with Gasteiger partial charge in [0.2, 0.25) is 5.13 Å². The zero-order valence-electron chi connectivity index (χ0n) is 10.1. The molecule has 0 aromatic carbocycles. The molecule has 0 radical (unpaired) electrons. The first-order valence-electron chi connectivity index (χ1n) is 6.08. The van der Waals surface area contributed by atoms with E-state index in [1.807, 2.05) is 6.92 Å². The fraction of sp³-hybridized carbons (Fsp3) is 0.818. The maximum Gasteiger partial charge on any atom is 0.205 e. The zero-order valence-corrected chi connectivity index (χ0v) is 10.9. The minimum Gasteiger partial charge on any atom is -0.345 e. The molecule has 1 saturated heterocycles. The van der Waals surface area contributed by atoms with Gasteiger partial charge in [0.05, 0.1) is 0 Å². The van der Waals surface area contributed by atoms with Crippen LogP contribution in [0.15, 0.2) is 0 Å². The van der Waals surface area contributed by atoms with Crippen molar-refractivity contribution >= 4 is 16.7 Å². The molecule has 0 amide bonds. The van der Waals surface area contributed by atoms with E-state index in [0.717, 1.165) is 30.5 Å². The zero-order chi connectivity index (χ0) is 11.4. The Bertz CT molecular complexity index is 320. The number of rotatable bonds is 5. The van der Waals surface area contributed by atoms with Crippen molar-refractivity contribution in [3.63, 3.8) is 0 Å². The molecule has 1 unspecified atom stereocenters. The second-order valence-corrected chi connectivity index (χ2v) is 5.09. The predicted molar refractivity (Wildman–Crippen MR) is 68.2 cm³/mol. The number of hydrogen-bond donors (Lipinski definition) is 1. The lowest BCUT2D eigenvalue weighted by atomic mass is 10.2. The van der Waals surface area contributed by atoms with Crippen LogP contribution in [0.25, 0.3) is 0 Å². The van der Waals surface area contributed by atoms with E-state index < -0.39 is 0 Å². The summed E-state index contributed by atoms with van der Waals surface area (Å²) in [6.07, 6.45) is 3.75. The van der Waals surface area contributed by atoms with E-state index in [9.17, 15) is 0 Å². The first kappa shape index (κ1) is 11.8. The van der Waals surface area contributed by atoms with Crippen molar-refractivity contribution in [1.82, 2.24) is 14.7 Å². The van der Waals surface area contributed by atoms with Crippen LogP contribution < -0.4 is 10.2 Å². The molecule has 2 heterocycles. The molecule has 0 saturated carbocycles. The average molecular weight is 240 g/mol. The van der Waals surface area contributed by atoms with Crippen LogP contribution in [0.4, 0.5) is 5.13 Å². The van der Waals surface area contributed by atoms with Crippen molar-refractivity contribution in [3.05, 3.63) is 5.82 Å². The highest BCUT2D eigenvalue weighted by molar-refractivity contribution is 7.09. The molecule has 16 heavy (non-hydrogen) atoms. The fourth-order valence-electron chi connectivity index (χ4n) is 2.13. The number of anilines is 1. The molecule has 1 aromatic rings. The summed E-state index contributed by atoms with van der Waals surface area (Å²) in [5.41, 5.74) is 0. The van der Waals surface area contributed by atoms with Gasteiger partial charge in [0.1, 0.15) is 5.82 Å². The van der Waals surface area contributed by atoms with E-state index in [2.05, 4.69) is 26.5 Å². The van der Waals surface area contributed by atoms with E-state index >= 15 is 0 Å². The number of nitrogens with zero attached hydrogens (tertiary/aromatic N) is 3. The Morgan fingerprint density at radius 1 is 1.56 bits per heavy atom. The topological polar surface area (TPSA) is 41.0 Å². The van der Waals surface area contributed by atoms with Crippen molar-refractivity contribution in [2.75, 3.05) is 24.5 Å². The highest BCUT2D eigenvalue weighted by atomic mass is 32.1. The summed E-state index contributed by atoms with van der Waals surface area (Å²) in [6.45, 7) is 7.48. The van der Waals surface area contributed by atoms with Crippen molar-refractivity contribution in [2.24, 2.45) is 0 Å². The quantitative estimate of drug-likeness (QED) is 0.852. The lowest BCUT2D eigenvalue weighted by Gasteiger charge is -2.24. The monoisotopic (exact) mass is 240 g/mol.